The van der Waals surface area contributed by atoms with Crippen molar-refractivity contribution in [3.63, 3.8) is 0 Å². The van der Waals surface area contributed by atoms with E-state index in [4.69, 9.17) is 4.52 Å². The zero-order valence-electron chi connectivity index (χ0n) is 21.4. The fourth-order valence-corrected chi connectivity index (χ4v) is 4.56. The number of benzene rings is 1. The summed E-state index contributed by atoms with van der Waals surface area (Å²) in [5.74, 6) is -3.06. The van der Waals surface area contributed by atoms with E-state index in [1.807, 2.05) is 30.9 Å². The van der Waals surface area contributed by atoms with Crippen molar-refractivity contribution >= 4 is 11.8 Å². The van der Waals surface area contributed by atoms with E-state index in [2.05, 4.69) is 20.8 Å². The summed E-state index contributed by atoms with van der Waals surface area (Å²) in [6.07, 6.45) is 1.51. The SMILES string of the molecule is CC(NC(=O)[C@@H]1CN(C(C)C(C)O)CC[C@H]1NC(=O)c1cc(-c2ccc(F)cc2F)on1)c1ccccn1. The second-order valence-corrected chi connectivity index (χ2v) is 9.64. The molecule has 202 valence electrons. The highest BCUT2D eigenvalue weighted by Gasteiger charge is 2.38. The molecule has 0 spiro atoms. The molecule has 0 bridgehead atoms. The molecule has 3 heterocycles. The minimum atomic E-state index is -0.841. The highest BCUT2D eigenvalue weighted by molar-refractivity contribution is 5.94. The van der Waals surface area contributed by atoms with Crippen LogP contribution in [0.5, 0.6) is 0 Å². The molecule has 4 rings (SSSR count). The Kier molecular flexibility index (Phi) is 8.48. The van der Waals surface area contributed by atoms with Gasteiger partial charge in [0.25, 0.3) is 5.91 Å². The number of rotatable bonds is 8. The summed E-state index contributed by atoms with van der Waals surface area (Å²) >= 11 is 0. The lowest BCUT2D eigenvalue weighted by Gasteiger charge is -2.41. The summed E-state index contributed by atoms with van der Waals surface area (Å²) in [5, 5.41) is 19.7. The maximum absolute atomic E-state index is 14.1. The molecule has 0 radical (unpaired) electrons. The molecule has 2 aromatic heterocycles. The van der Waals surface area contributed by atoms with Crippen molar-refractivity contribution in [2.45, 2.75) is 51.4 Å². The molecular weight excluding hydrogens is 496 g/mol. The van der Waals surface area contributed by atoms with Crippen molar-refractivity contribution in [3.05, 3.63) is 71.7 Å². The molecule has 1 aromatic carbocycles. The number of aromatic nitrogens is 2. The normalized spacial score (nSPS) is 20.4. The predicted molar refractivity (Wildman–Crippen MR) is 135 cm³/mol. The number of amides is 2. The summed E-state index contributed by atoms with van der Waals surface area (Å²) in [7, 11) is 0. The Morgan fingerprint density at radius 1 is 1.16 bits per heavy atom. The Balaban J connectivity index is 1.50. The summed E-state index contributed by atoms with van der Waals surface area (Å²) in [4.78, 5) is 32.8. The molecule has 3 unspecified atom stereocenters. The first-order valence-electron chi connectivity index (χ1n) is 12.5. The van der Waals surface area contributed by atoms with Crippen LogP contribution in [0.15, 0.2) is 53.2 Å². The van der Waals surface area contributed by atoms with Crippen LogP contribution in [0, 0.1) is 17.6 Å². The number of piperidine rings is 1. The zero-order valence-corrected chi connectivity index (χ0v) is 21.4. The first-order valence-corrected chi connectivity index (χ1v) is 12.5. The number of pyridine rings is 1. The van der Waals surface area contributed by atoms with Gasteiger partial charge in [0.05, 0.1) is 29.3 Å². The van der Waals surface area contributed by atoms with Crippen LogP contribution < -0.4 is 10.6 Å². The fourth-order valence-electron chi connectivity index (χ4n) is 4.56. The average Bonchev–Trinajstić information content (AvgIpc) is 3.39. The Labute approximate surface area is 219 Å². The molecule has 9 nitrogen and oxygen atoms in total. The average molecular weight is 528 g/mol. The van der Waals surface area contributed by atoms with Crippen molar-refractivity contribution in [2.75, 3.05) is 13.1 Å². The molecule has 5 atom stereocenters. The van der Waals surface area contributed by atoms with Gasteiger partial charge in [0.15, 0.2) is 11.5 Å². The number of likely N-dealkylation sites (tertiary alicyclic amines) is 1. The molecule has 1 aliphatic heterocycles. The van der Waals surface area contributed by atoms with E-state index in [-0.39, 0.29) is 35.0 Å². The van der Waals surface area contributed by atoms with Crippen molar-refractivity contribution < 1.29 is 28.0 Å². The minimum absolute atomic E-state index is 0.0216. The summed E-state index contributed by atoms with van der Waals surface area (Å²) in [5.41, 5.74) is 0.582. The van der Waals surface area contributed by atoms with Gasteiger partial charge in [-0.3, -0.25) is 19.5 Å². The van der Waals surface area contributed by atoms with Gasteiger partial charge in [0, 0.05) is 43.5 Å². The number of aliphatic hydroxyl groups excluding tert-OH is 1. The Hall–Kier alpha value is -3.70. The second kappa shape index (κ2) is 11.8. The fraction of sp³-hybridized carbons (Fsp3) is 0.407. The van der Waals surface area contributed by atoms with Gasteiger partial charge in [-0.2, -0.15) is 0 Å². The number of hydrogen-bond acceptors (Lipinski definition) is 7. The zero-order chi connectivity index (χ0) is 27.4. The summed E-state index contributed by atoms with van der Waals surface area (Å²) < 4.78 is 32.5. The van der Waals surface area contributed by atoms with Gasteiger partial charge >= 0.3 is 0 Å². The minimum Gasteiger partial charge on any atom is -0.392 e. The van der Waals surface area contributed by atoms with Crippen molar-refractivity contribution in [1.29, 1.82) is 0 Å². The number of nitrogens with zero attached hydrogens (tertiary/aromatic N) is 3. The molecule has 0 aliphatic carbocycles. The second-order valence-electron chi connectivity index (χ2n) is 9.64. The van der Waals surface area contributed by atoms with Gasteiger partial charge in [-0.1, -0.05) is 11.2 Å². The van der Waals surface area contributed by atoms with E-state index in [9.17, 15) is 23.5 Å². The maximum Gasteiger partial charge on any atom is 0.273 e. The van der Waals surface area contributed by atoms with Crippen LogP contribution in [0.3, 0.4) is 0 Å². The lowest BCUT2D eigenvalue weighted by Crippen LogP contribution is -2.58. The van der Waals surface area contributed by atoms with E-state index in [0.717, 1.165) is 12.1 Å². The molecule has 1 fully saturated rings. The Bertz CT molecular complexity index is 1270. The van der Waals surface area contributed by atoms with Crippen LogP contribution in [-0.4, -0.2) is 63.2 Å². The van der Waals surface area contributed by atoms with Gasteiger partial charge in [-0.25, -0.2) is 8.78 Å². The molecule has 11 heteroatoms. The van der Waals surface area contributed by atoms with Crippen LogP contribution in [-0.2, 0) is 4.79 Å². The topological polar surface area (TPSA) is 121 Å². The third-order valence-corrected chi connectivity index (χ3v) is 7.00. The van der Waals surface area contributed by atoms with Crippen LogP contribution >= 0.6 is 0 Å². The third-order valence-electron chi connectivity index (χ3n) is 7.00. The van der Waals surface area contributed by atoms with E-state index in [1.54, 1.807) is 19.2 Å². The Morgan fingerprint density at radius 3 is 2.63 bits per heavy atom. The number of aliphatic hydroxyl groups is 1. The van der Waals surface area contributed by atoms with Crippen LogP contribution in [0.4, 0.5) is 8.78 Å². The van der Waals surface area contributed by atoms with Gasteiger partial charge in [-0.15, -0.1) is 0 Å². The number of carbonyl (C=O) groups excluding carboxylic acids is 2. The quantitative estimate of drug-likeness (QED) is 0.412. The number of hydrogen-bond donors (Lipinski definition) is 3. The lowest BCUT2D eigenvalue weighted by atomic mass is 9.89. The summed E-state index contributed by atoms with van der Waals surface area (Å²) in [6, 6.07) is 8.66. The van der Waals surface area contributed by atoms with Crippen LogP contribution in [0.1, 0.15) is 49.4 Å². The van der Waals surface area contributed by atoms with Gasteiger partial charge in [-0.05, 0) is 51.5 Å². The largest absolute Gasteiger partial charge is 0.392 e. The highest BCUT2D eigenvalue weighted by atomic mass is 19.1. The molecule has 3 aromatic rings. The standard InChI is InChI=1S/C27H31F2N5O4/c1-15(22-6-4-5-10-30-22)31-26(36)20-14-34(16(2)17(3)35)11-9-23(20)32-27(37)24-13-25(38-33-24)19-8-7-18(28)12-21(19)29/h4-8,10,12-13,15-17,20,23,35H,9,11,14H2,1-3H3,(H,31,36)(H,32,37)/t15?,16?,17?,20-,23-/m1/s1. The molecule has 2 amide bonds. The van der Waals surface area contributed by atoms with E-state index >= 15 is 0 Å². The molecule has 3 N–H and O–H groups in total. The first-order chi connectivity index (χ1) is 18.1. The van der Waals surface area contributed by atoms with Gasteiger partial charge in [0.1, 0.15) is 11.6 Å². The van der Waals surface area contributed by atoms with E-state index in [0.29, 0.717) is 25.2 Å². The monoisotopic (exact) mass is 527 g/mol. The maximum atomic E-state index is 14.1. The molecular formula is C27H31F2N5O4. The number of halogens is 2. The number of carbonyl (C=O) groups is 2. The van der Waals surface area contributed by atoms with Crippen LogP contribution in [0.25, 0.3) is 11.3 Å². The molecule has 0 saturated carbocycles. The smallest absolute Gasteiger partial charge is 0.273 e. The predicted octanol–water partition coefficient (Wildman–Crippen LogP) is 3.08. The molecule has 38 heavy (non-hydrogen) atoms. The number of nitrogens with one attached hydrogen (secondary N) is 2. The molecule has 1 aliphatic rings. The van der Waals surface area contributed by atoms with Gasteiger partial charge < -0.3 is 20.3 Å². The van der Waals surface area contributed by atoms with E-state index in [1.165, 1.54) is 12.1 Å². The van der Waals surface area contributed by atoms with Crippen molar-refractivity contribution in [2.24, 2.45) is 5.92 Å². The highest BCUT2D eigenvalue weighted by Crippen LogP contribution is 2.26. The van der Waals surface area contributed by atoms with Gasteiger partial charge in [0.2, 0.25) is 5.91 Å². The third kappa shape index (κ3) is 6.22. The summed E-state index contributed by atoms with van der Waals surface area (Å²) in [6.45, 7) is 6.30. The van der Waals surface area contributed by atoms with E-state index < -0.39 is 35.6 Å². The Morgan fingerprint density at radius 2 is 1.95 bits per heavy atom. The first kappa shape index (κ1) is 27.3. The van der Waals surface area contributed by atoms with Crippen molar-refractivity contribution in [3.8, 4) is 11.3 Å². The van der Waals surface area contributed by atoms with Crippen molar-refractivity contribution in [1.82, 2.24) is 25.7 Å². The lowest BCUT2D eigenvalue weighted by molar-refractivity contribution is -0.129. The van der Waals surface area contributed by atoms with Crippen LogP contribution in [0.2, 0.25) is 0 Å². The molecule has 1 saturated heterocycles.